The summed E-state index contributed by atoms with van der Waals surface area (Å²) in [5, 5.41) is 5.92. The standard InChI is InChI=1S/C25H38N2O4/c1-17(11-19-12-21(19)18-9-7-6-8-10-18)31-23(29)27-20-13-24(2,3)15-25(4,14-20)16-26-22(28)30-5/h6-10,17,19-21H,11-16H2,1-5H3,(H,26,28)(H,27,29). The summed E-state index contributed by atoms with van der Waals surface area (Å²) < 4.78 is 10.4. The van der Waals surface area contributed by atoms with E-state index in [1.807, 2.05) is 13.0 Å². The van der Waals surface area contributed by atoms with Gasteiger partial charge < -0.3 is 20.1 Å². The number of benzene rings is 1. The number of methoxy groups -OCH3 is 1. The Balaban J connectivity index is 1.47. The molecule has 2 saturated carbocycles. The van der Waals surface area contributed by atoms with Crippen molar-refractivity contribution in [1.29, 1.82) is 0 Å². The van der Waals surface area contributed by atoms with E-state index in [0.717, 1.165) is 25.7 Å². The third kappa shape index (κ3) is 6.88. The quantitative estimate of drug-likeness (QED) is 0.620. The summed E-state index contributed by atoms with van der Waals surface area (Å²) in [6.07, 6.45) is 3.85. The Morgan fingerprint density at radius 1 is 1.13 bits per heavy atom. The van der Waals surface area contributed by atoms with Crippen LogP contribution in [0.15, 0.2) is 30.3 Å². The Morgan fingerprint density at radius 3 is 2.52 bits per heavy atom. The zero-order valence-electron chi connectivity index (χ0n) is 19.6. The van der Waals surface area contributed by atoms with E-state index in [2.05, 4.69) is 55.7 Å². The number of rotatable bonds is 7. The van der Waals surface area contributed by atoms with Crippen LogP contribution in [0.2, 0.25) is 0 Å². The molecule has 0 aliphatic heterocycles. The van der Waals surface area contributed by atoms with E-state index in [-0.39, 0.29) is 29.1 Å². The molecular weight excluding hydrogens is 392 g/mol. The summed E-state index contributed by atoms with van der Waals surface area (Å²) in [4.78, 5) is 24.1. The zero-order valence-corrected chi connectivity index (χ0v) is 19.6. The summed E-state index contributed by atoms with van der Waals surface area (Å²) in [5.74, 6) is 1.18. The lowest BCUT2D eigenvalue weighted by atomic mass is 9.62. The Hall–Kier alpha value is -2.24. The average Bonchev–Trinajstić information content (AvgIpc) is 3.43. The molecule has 6 nitrogen and oxygen atoms in total. The van der Waals surface area contributed by atoms with Crippen molar-refractivity contribution in [2.24, 2.45) is 16.7 Å². The van der Waals surface area contributed by atoms with Crippen molar-refractivity contribution in [2.75, 3.05) is 13.7 Å². The molecule has 2 aliphatic carbocycles. The lowest BCUT2D eigenvalue weighted by Gasteiger charge is -2.46. The predicted molar refractivity (Wildman–Crippen MR) is 121 cm³/mol. The highest BCUT2D eigenvalue weighted by Gasteiger charge is 2.43. The second-order valence-corrected chi connectivity index (χ2v) is 10.7. The van der Waals surface area contributed by atoms with Gasteiger partial charge in [-0.15, -0.1) is 0 Å². The van der Waals surface area contributed by atoms with Crippen LogP contribution in [0, 0.1) is 16.7 Å². The molecule has 2 amide bonds. The number of carbonyl (C=O) groups is 2. The molecule has 1 aromatic carbocycles. The summed E-state index contributed by atoms with van der Waals surface area (Å²) in [7, 11) is 1.37. The van der Waals surface area contributed by atoms with Crippen LogP contribution in [-0.2, 0) is 9.47 Å². The lowest BCUT2D eigenvalue weighted by Crippen LogP contribution is -2.50. The van der Waals surface area contributed by atoms with Gasteiger partial charge >= 0.3 is 12.2 Å². The highest BCUT2D eigenvalue weighted by atomic mass is 16.6. The molecule has 0 radical (unpaired) electrons. The smallest absolute Gasteiger partial charge is 0.407 e. The molecule has 172 valence electrons. The van der Waals surface area contributed by atoms with Crippen LogP contribution in [0.1, 0.15) is 71.3 Å². The maximum absolute atomic E-state index is 12.6. The van der Waals surface area contributed by atoms with Gasteiger partial charge in [0.2, 0.25) is 0 Å². The van der Waals surface area contributed by atoms with E-state index in [9.17, 15) is 9.59 Å². The second kappa shape index (κ2) is 9.49. The first kappa shape index (κ1) is 23.4. The maximum Gasteiger partial charge on any atom is 0.407 e. The molecule has 31 heavy (non-hydrogen) atoms. The van der Waals surface area contributed by atoms with Crippen LogP contribution in [0.3, 0.4) is 0 Å². The molecule has 2 fully saturated rings. The minimum absolute atomic E-state index is 0.0193. The van der Waals surface area contributed by atoms with Crippen LogP contribution in [-0.4, -0.2) is 38.0 Å². The number of ether oxygens (including phenoxy) is 2. The van der Waals surface area contributed by atoms with Crippen LogP contribution in [0.5, 0.6) is 0 Å². The van der Waals surface area contributed by atoms with Gasteiger partial charge in [-0.3, -0.25) is 0 Å². The van der Waals surface area contributed by atoms with Gasteiger partial charge in [0.25, 0.3) is 0 Å². The molecule has 0 aromatic heterocycles. The van der Waals surface area contributed by atoms with Crippen LogP contribution in [0.4, 0.5) is 9.59 Å². The maximum atomic E-state index is 12.6. The molecule has 2 N–H and O–H groups in total. The highest BCUT2D eigenvalue weighted by molar-refractivity contribution is 5.68. The second-order valence-electron chi connectivity index (χ2n) is 10.7. The van der Waals surface area contributed by atoms with Gasteiger partial charge in [-0.1, -0.05) is 51.1 Å². The Bertz CT molecular complexity index is 766. The SMILES string of the molecule is COC(=O)NCC1(C)CC(NC(=O)OC(C)CC2CC2c2ccccc2)CC(C)(C)C1. The fraction of sp³-hybridized carbons (Fsp3) is 0.680. The fourth-order valence-electron chi connectivity index (χ4n) is 5.70. The van der Waals surface area contributed by atoms with Gasteiger partial charge in [0.1, 0.15) is 6.10 Å². The fourth-order valence-corrected chi connectivity index (χ4v) is 5.70. The summed E-state index contributed by atoms with van der Waals surface area (Å²) in [6.45, 7) is 9.08. The molecule has 5 unspecified atom stereocenters. The van der Waals surface area contributed by atoms with Crippen molar-refractivity contribution in [3.63, 3.8) is 0 Å². The minimum atomic E-state index is -0.420. The van der Waals surface area contributed by atoms with Gasteiger partial charge in [-0.2, -0.15) is 0 Å². The van der Waals surface area contributed by atoms with E-state index < -0.39 is 6.09 Å². The largest absolute Gasteiger partial charge is 0.453 e. The zero-order chi connectivity index (χ0) is 22.6. The third-order valence-electron chi connectivity index (χ3n) is 6.70. The van der Waals surface area contributed by atoms with Crippen LogP contribution >= 0.6 is 0 Å². The molecule has 0 bridgehead atoms. The summed E-state index contributed by atoms with van der Waals surface area (Å²) in [6, 6.07) is 10.6. The number of carbonyl (C=O) groups excluding carboxylic acids is 2. The number of nitrogens with one attached hydrogen (secondary N) is 2. The topological polar surface area (TPSA) is 76.7 Å². The number of alkyl carbamates (subject to hydrolysis) is 2. The van der Waals surface area contributed by atoms with Crippen molar-refractivity contribution in [2.45, 2.75) is 77.9 Å². The summed E-state index contributed by atoms with van der Waals surface area (Å²) >= 11 is 0. The first-order valence-corrected chi connectivity index (χ1v) is 11.4. The molecule has 1 aromatic rings. The van der Waals surface area contributed by atoms with Crippen molar-refractivity contribution < 1.29 is 19.1 Å². The molecule has 0 spiro atoms. The molecule has 0 saturated heterocycles. The Labute approximate surface area is 186 Å². The van der Waals surface area contributed by atoms with Gasteiger partial charge in [-0.05, 0) is 67.3 Å². The highest BCUT2D eigenvalue weighted by Crippen LogP contribution is 2.50. The van der Waals surface area contributed by atoms with Crippen molar-refractivity contribution in [3.05, 3.63) is 35.9 Å². The van der Waals surface area contributed by atoms with E-state index in [4.69, 9.17) is 9.47 Å². The third-order valence-corrected chi connectivity index (χ3v) is 6.70. The molecular formula is C25H38N2O4. The van der Waals surface area contributed by atoms with Gasteiger partial charge in [0.05, 0.1) is 7.11 Å². The van der Waals surface area contributed by atoms with Crippen LogP contribution in [0.25, 0.3) is 0 Å². The number of hydrogen-bond acceptors (Lipinski definition) is 4. The lowest BCUT2D eigenvalue weighted by molar-refractivity contribution is 0.0555. The van der Waals surface area contributed by atoms with Crippen molar-refractivity contribution >= 4 is 12.2 Å². The normalized spacial score (nSPS) is 30.0. The first-order chi connectivity index (χ1) is 14.6. The molecule has 5 atom stereocenters. The van der Waals surface area contributed by atoms with E-state index >= 15 is 0 Å². The van der Waals surface area contributed by atoms with Gasteiger partial charge in [-0.25, -0.2) is 9.59 Å². The minimum Gasteiger partial charge on any atom is -0.453 e. The summed E-state index contributed by atoms with van der Waals surface area (Å²) in [5.41, 5.74) is 1.33. The first-order valence-electron chi connectivity index (χ1n) is 11.4. The average molecular weight is 431 g/mol. The molecule has 3 rings (SSSR count). The predicted octanol–water partition coefficient (Wildman–Crippen LogP) is 5.24. The number of amides is 2. The Morgan fingerprint density at radius 2 is 1.84 bits per heavy atom. The van der Waals surface area contributed by atoms with E-state index in [1.54, 1.807) is 0 Å². The van der Waals surface area contributed by atoms with E-state index in [0.29, 0.717) is 18.4 Å². The molecule has 2 aliphatic rings. The van der Waals surface area contributed by atoms with E-state index in [1.165, 1.54) is 19.1 Å². The molecule has 0 heterocycles. The monoisotopic (exact) mass is 430 g/mol. The van der Waals surface area contributed by atoms with Crippen molar-refractivity contribution in [3.8, 4) is 0 Å². The molecule has 6 heteroatoms. The van der Waals surface area contributed by atoms with Gasteiger partial charge in [0.15, 0.2) is 0 Å². The van der Waals surface area contributed by atoms with Crippen LogP contribution < -0.4 is 10.6 Å². The Kier molecular flexibility index (Phi) is 7.17. The number of hydrogen-bond donors (Lipinski definition) is 2. The van der Waals surface area contributed by atoms with Gasteiger partial charge in [0, 0.05) is 12.6 Å². The van der Waals surface area contributed by atoms with Crippen molar-refractivity contribution in [1.82, 2.24) is 10.6 Å².